The van der Waals surface area contributed by atoms with Gasteiger partial charge in [-0.25, -0.2) is 0 Å². The average molecular weight is 649 g/mol. The number of benzene rings is 3. The molecule has 0 bridgehead atoms. The van der Waals surface area contributed by atoms with Crippen molar-refractivity contribution in [3.63, 3.8) is 0 Å². The van der Waals surface area contributed by atoms with Gasteiger partial charge in [-0.15, -0.1) is 0 Å². The second-order valence-electron chi connectivity index (χ2n) is 14.1. The minimum atomic E-state index is 0.334. The smallest absolute Gasteiger partial charge is 0.0560 e. The van der Waals surface area contributed by atoms with Gasteiger partial charge >= 0.3 is 0 Å². The first kappa shape index (κ1) is 30.7. The van der Waals surface area contributed by atoms with Gasteiger partial charge in [-0.1, -0.05) is 121 Å². The van der Waals surface area contributed by atoms with Gasteiger partial charge in [0.2, 0.25) is 0 Å². The van der Waals surface area contributed by atoms with Crippen molar-refractivity contribution in [1.29, 1.82) is 0 Å². The van der Waals surface area contributed by atoms with Crippen molar-refractivity contribution in [2.24, 2.45) is 0 Å². The van der Waals surface area contributed by atoms with Crippen LogP contribution in [0.2, 0.25) is 0 Å². The van der Waals surface area contributed by atoms with Crippen molar-refractivity contribution in [2.75, 3.05) is 0 Å². The van der Waals surface area contributed by atoms with Crippen LogP contribution in [-0.2, 0) is 25.8 Å². The topological polar surface area (TPSA) is 9.86 Å². The summed E-state index contributed by atoms with van der Waals surface area (Å²) in [7, 11) is 0. The van der Waals surface area contributed by atoms with E-state index < -0.39 is 0 Å². The number of aromatic nitrogens is 2. The Morgan fingerprint density at radius 3 is 2.34 bits per heavy atom. The molecule has 0 spiro atoms. The molecule has 50 heavy (non-hydrogen) atoms. The van der Waals surface area contributed by atoms with Gasteiger partial charge < -0.3 is 9.13 Å². The third kappa shape index (κ3) is 5.44. The molecular formula is C48H44N2. The van der Waals surface area contributed by atoms with Crippen LogP contribution in [0.3, 0.4) is 0 Å². The van der Waals surface area contributed by atoms with Crippen LogP contribution in [0.25, 0.3) is 40.3 Å². The number of para-hydroxylation sites is 1. The molecule has 0 fully saturated rings. The number of hydrogen-bond acceptors (Lipinski definition) is 0. The summed E-state index contributed by atoms with van der Waals surface area (Å²) in [5.74, 6) is 0. The maximum atomic E-state index is 2.68. The van der Waals surface area contributed by atoms with Gasteiger partial charge in [-0.3, -0.25) is 0 Å². The molecule has 0 amide bonds. The van der Waals surface area contributed by atoms with E-state index in [0.29, 0.717) is 6.04 Å². The van der Waals surface area contributed by atoms with E-state index >= 15 is 0 Å². The van der Waals surface area contributed by atoms with Gasteiger partial charge in [0.25, 0.3) is 0 Å². The molecule has 3 aromatic carbocycles. The largest absolute Gasteiger partial charge is 0.340 e. The van der Waals surface area contributed by atoms with Crippen LogP contribution in [-0.4, -0.2) is 9.13 Å². The predicted molar refractivity (Wildman–Crippen MR) is 213 cm³/mol. The van der Waals surface area contributed by atoms with Crippen LogP contribution in [0.15, 0.2) is 139 Å². The van der Waals surface area contributed by atoms with E-state index in [1.807, 2.05) is 0 Å². The monoisotopic (exact) mass is 648 g/mol. The molecule has 9 rings (SSSR count). The van der Waals surface area contributed by atoms with E-state index in [1.54, 1.807) is 11.1 Å². The summed E-state index contributed by atoms with van der Waals surface area (Å²) in [5, 5.41) is 1.37. The molecule has 1 unspecified atom stereocenters. The van der Waals surface area contributed by atoms with Crippen molar-refractivity contribution in [3.8, 4) is 0 Å². The van der Waals surface area contributed by atoms with Gasteiger partial charge in [-0.05, 0) is 121 Å². The average Bonchev–Trinajstić information content (AvgIpc) is 3.69. The summed E-state index contributed by atoms with van der Waals surface area (Å²) in [6.45, 7) is 3.00. The lowest BCUT2D eigenvalue weighted by Gasteiger charge is -2.25. The highest BCUT2D eigenvalue weighted by molar-refractivity contribution is 5.93. The van der Waals surface area contributed by atoms with Crippen LogP contribution in [0.4, 0.5) is 0 Å². The zero-order valence-corrected chi connectivity index (χ0v) is 29.0. The summed E-state index contributed by atoms with van der Waals surface area (Å²) >= 11 is 0. The fraction of sp³-hybridized carbons (Fsp3) is 0.208. The fourth-order valence-corrected chi connectivity index (χ4v) is 8.85. The second-order valence-corrected chi connectivity index (χ2v) is 14.1. The maximum absolute atomic E-state index is 2.68. The molecule has 1 atom stereocenters. The Hall–Kier alpha value is -5.34. The summed E-state index contributed by atoms with van der Waals surface area (Å²) in [5.41, 5.74) is 18.5. The van der Waals surface area contributed by atoms with Crippen LogP contribution < -0.4 is 0 Å². The maximum Gasteiger partial charge on any atom is 0.0560 e. The Labute approximate surface area is 296 Å². The molecule has 0 N–H and O–H groups in total. The van der Waals surface area contributed by atoms with Crippen LogP contribution in [0.5, 0.6) is 0 Å². The molecule has 2 nitrogen and oxygen atoms in total. The first-order valence-electron chi connectivity index (χ1n) is 18.5. The normalized spacial score (nSPS) is 18.5. The Bertz CT molecular complexity index is 2310. The molecule has 246 valence electrons. The Kier molecular flexibility index (Phi) is 8.09. The van der Waals surface area contributed by atoms with Crippen molar-refractivity contribution < 1.29 is 0 Å². The minimum absolute atomic E-state index is 0.334. The fourth-order valence-electron chi connectivity index (χ4n) is 8.85. The number of nitrogens with zero attached hydrogens (tertiary/aromatic N) is 2. The predicted octanol–water partition coefficient (Wildman–Crippen LogP) is 12.0. The third-order valence-electron chi connectivity index (χ3n) is 11.3. The number of rotatable bonds is 7. The minimum Gasteiger partial charge on any atom is -0.340 e. The Morgan fingerprint density at radius 1 is 0.760 bits per heavy atom. The number of allylic oxidation sites excluding steroid dienone is 11. The molecule has 0 radical (unpaired) electrons. The highest BCUT2D eigenvalue weighted by atomic mass is 15.0. The molecule has 2 heteroatoms. The van der Waals surface area contributed by atoms with Crippen molar-refractivity contribution in [2.45, 2.75) is 64.5 Å². The Balaban J connectivity index is 1.05. The molecule has 5 aromatic rings. The zero-order valence-electron chi connectivity index (χ0n) is 29.0. The highest BCUT2D eigenvalue weighted by Gasteiger charge is 2.29. The van der Waals surface area contributed by atoms with Crippen LogP contribution in [0, 0.1) is 0 Å². The van der Waals surface area contributed by atoms with Crippen molar-refractivity contribution in [3.05, 3.63) is 184 Å². The van der Waals surface area contributed by atoms with Gasteiger partial charge in [0.1, 0.15) is 0 Å². The van der Waals surface area contributed by atoms with E-state index in [9.17, 15) is 0 Å². The lowest BCUT2D eigenvalue weighted by atomic mass is 9.84. The summed E-state index contributed by atoms with van der Waals surface area (Å²) in [6.07, 6.45) is 31.7. The molecule has 4 aliphatic carbocycles. The van der Waals surface area contributed by atoms with E-state index in [1.165, 1.54) is 67.0 Å². The summed E-state index contributed by atoms with van der Waals surface area (Å²) < 4.78 is 5.23. The number of fused-ring (bicyclic) bond motifs is 6. The molecule has 0 aliphatic heterocycles. The van der Waals surface area contributed by atoms with E-state index in [-0.39, 0.29) is 0 Å². The van der Waals surface area contributed by atoms with Gasteiger partial charge in [0.15, 0.2) is 0 Å². The molecule has 0 saturated carbocycles. The lowest BCUT2D eigenvalue weighted by molar-refractivity contribution is 0.598. The molecule has 0 saturated heterocycles. The standard InChI is InChI=1S/C48H44N2/c1-2-34(35-14-5-3-6-15-35)18-13-31-49-45-21-11-9-20-42(45)44-32-38(26-30-46(44)49)39-25-29-43-41-19-10-12-22-47(41)50(48(43)33-39)40-27-23-37(24-28-40)36-16-7-4-8-17-36/h2-9,11-18,20-24,27,32-33,40H,10,19,25-26,28-31H2,1H3/b18-13-,34-2+. The van der Waals surface area contributed by atoms with Crippen molar-refractivity contribution >= 4 is 40.3 Å². The second kappa shape index (κ2) is 13.2. The Morgan fingerprint density at radius 2 is 1.52 bits per heavy atom. The summed E-state index contributed by atoms with van der Waals surface area (Å²) in [4.78, 5) is 0. The van der Waals surface area contributed by atoms with Crippen LogP contribution in [0.1, 0.15) is 83.5 Å². The summed E-state index contributed by atoms with van der Waals surface area (Å²) in [6, 6.07) is 30.8. The number of hydrogen-bond donors (Lipinski definition) is 0. The molecular weight excluding hydrogens is 605 g/mol. The zero-order chi connectivity index (χ0) is 33.4. The van der Waals surface area contributed by atoms with Crippen LogP contribution >= 0.6 is 0 Å². The van der Waals surface area contributed by atoms with E-state index in [2.05, 4.69) is 162 Å². The molecule has 4 aliphatic rings. The first-order valence-corrected chi connectivity index (χ1v) is 18.5. The SMILES string of the molecule is C/C=C(\C=C/Cn1c2c(c3ccccc31)C=C(C1=Cc3c(c4c(n3C3C=CC(c5ccccc5)=CC3)C=CCC4)CC1)CC2)c1ccccc1. The van der Waals surface area contributed by atoms with Gasteiger partial charge in [0, 0.05) is 40.1 Å². The molecule has 2 aromatic heterocycles. The quantitative estimate of drug-likeness (QED) is 0.155. The highest BCUT2D eigenvalue weighted by Crippen LogP contribution is 2.43. The van der Waals surface area contributed by atoms with E-state index in [0.717, 1.165) is 51.5 Å². The van der Waals surface area contributed by atoms with Gasteiger partial charge in [-0.2, -0.15) is 0 Å². The van der Waals surface area contributed by atoms with E-state index in [4.69, 9.17) is 0 Å². The third-order valence-corrected chi connectivity index (χ3v) is 11.3. The van der Waals surface area contributed by atoms with Gasteiger partial charge in [0.05, 0.1) is 6.04 Å². The molecule has 2 heterocycles. The lowest BCUT2D eigenvalue weighted by Crippen LogP contribution is -2.14. The first-order chi connectivity index (χ1) is 24.8. The van der Waals surface area contributed by atoms with Crippen molar-refractivity contribution in [1.82, 2.24) is 9.13 Å².